The third-order valence-electron chi connectivity index (χ3n) is 2.66. The fraction of sp³-hybridized carbons (Fsp3) is 0.455. The third-order valence-corrected chi connectivity index (χ3v) is 4.05. The highest BCUT2D eigenvalue weighted by Crippen LogP contribution is 2.29. The van der Waals surface area contributed by atoms with Crippen LogP contribution in [0.15, 0.2) is 18.2 Å². The third kappa shape index (κ3) is 4.18. The van der Waals surface area contributed by atoms with Gasteiger partial charge in [0, 0.05) is 22.6 Å². The molecule has 104 valence electrons. The number of aliphatic hydroxyl groups is 1. The molecule has 7 nitrogen and oxygen atoms in total. The first kappa shape index (κ1) is 15.4. The lowest BCUT2D eigenvalue weighted by atomic mass is 10.2. The van der Waals surface area contributed by atoms with Crippen LogP contribution >= 0.6 is 11.8 Å². The number of nitro groups is 2. The van der Waals surface area contributed by atoms with E-state index in [1.54, 1.807) is 6.92 Å². The molecule has 0 saturated carbocycles. The summed E-state index contributed by atoms with van der Waals surface area (Å²) in [5.74, 6) is 0.320. The summed E-state index contributed by atoms with van der Waals surface area (Å²) in [5, 5.41) is 30.8. The molecule has 0 spiro atoms. The van der Waals surface area contributed by atoms with Gasteiger partial charge in [0.1, 0.15) is 0 Å². The van der Waals surface area contributed by atoms with E-state index in [2.05, 4.69) is 0 Å². The number of non-ortho nitro benzene ring substituents is 1. The van der Waals surface area contributed by atoms with Crippen LogP contribution in [0.2, 0.25) is 0 Å². The quantitative estimate of drug-likeness (QED) is 0.636. The number of benzene rings is 1. The van der Waals surface area contributed by atoms with Crippen LogP contribution in [0.5, 0.6) is 0 Å². The van der Waals surface area contributed by atoms with Crippen molar-refractivity contribution < 1.29 is 15.0 Å². The van der Waals surface area contributed by atoms with E-state index < -0.39 is 16.0 Å². The van der Waals surface area contributed by atoms with Crippen LogP contribution in [0.25, 0.3) is 0 Å². The second-order valence-electron chi connectivity index (χ2n) is 4.08. The van der Waals surface area contributed by atoms with Gasteiger partial charge in [-0.15, -0.1) is 0 Å². The monoisotopic (exact) mass is 286 g/mol. The van der Waals surface area contributed by atoms with Crippen molar-refractivity contribution >= 4 is 23.1 Å². The maximum Gasteiger partial charge on any atom is 0.280 e. The van der Waals surface area contributed by atoms with Gasteiger partial charge in [0.15, 0.2) is 0 Å². The molecule has 0 heterocycles. The molecule has 1 aromatic carbocycles. The molecule has 1 N–H and O–H groups in total. The van der Waals surface area contributed by atoms with Gasteiger partial charge in [-0.2, -0.15) is 11.8 Å². The fourth-order valence-electron chi connectivity index (χ4n) is 1.32. The van der Waals surface area contributed by atoms with E-state index in [0.29, 0.717) is 11.3 Å². The second kappa shape index (κ2) is 6.48. The van der Waals surface area contributed by atoms with Gasteiger partial charge in [-0.3, -0.25) is 20.2 Å². The lowest BCUT2D eigenvalue weighted by Gasteiger charge is -2.13. The van der Waals surface area contributed by atoms with Gasteiger partial charge in [-0.25, -0.2) is 0 Å². The topological polar surface area (TPSA) is 107 Å². The Morgan fingerprint density at radius 2 is 1.89 bits per heavy atom. The van der Waals surface area contributed by atoms with Crippen molar-refractivity contribution in [1.82, 2.24) is 0 Å². The Kier molecular flexibility index (Phi) is 5.25. The number of aliphatic hydroxyl groups excluding tert-OH is 1. The first-order valence-electron chi connectivity index (χ1n) is 5.54. The van der Waals surface area contributed by atoms with Crippen LogP contribution in [-0.2, 0) is 5.75 Å². The molecule has 1 aromatic rings. The van der Waals surface area contributed by atoms with E-state index in [1.807, 2.05) is 6.92 Å². The zero-order chi connectivity index (χ0) is 14.6. The molecule has 0 fully saturated rings. The van der Waals surface area contributed by atoms with Crippen molar-refractivity contribution in [2.24, 2.45) is 0 Å². The minimum absolute atomic E-state index is 0.0743. The van der Waals surface area contributed by atoms with Gasteiger partial charge in [-0.05, 0) is 13.0 Å². The Balaban J connectivity index is 2.94. The summed E-state index contributed by atoms with van der Waals surface area (Å²) in [5.41, 5.74) is -0.156. The van der Waals surface area contributed by atoms with E-state index in [9.17, 15) is 25.3 Å². The van der Waals surface area contributed by atoms with Crippen LogP contribution in [0, 0.1) is 20.2 Å². The predicted molar refractivity (Wildman–Crippen MR) is 72.2 cm³/mol. The highest BCUT2D eigenvalue weighted by molar-refractivity contribution is 7.99. The number of rotatable bonds is 6. The summed E-state index contributed by atoms with van der Waals surface area (Å²) in [7, 11) is 0. The van der Waals surface area contributed by atoms with Crippen LogP contribution in [-0.4, -0.2) is 26.3 Å². The van der Waals surface area contributed by atoms with E-state index in [-0.39, 0.29) is 16.6 Å². The normalized spacial score (nSPS) is 13.8. The first-order valence-corrected chi connectivity index (χ1v) is 6.59. The molecule has 19 heavy (non-hydrogen) atoms. The highest BCUT2D eigenvalue weighted by atomic mass is 32.2. The van der Waals surface area contributed by atoms with Crippen LogP contribution in [0.3, 0.4) is 0 Å². The number of thioether (sulfide) groups is 1. The molecule has 0 saturated heterocycles. The Bertz CT molecular complexity index is 492. The molecule has 0 radical (unpaired) electrons. The Morgan fingerprint density at radius 1 is 1.26 bits per heavy atom. The largest absolute Gasteiger partial charge is 0.392 e. The van der Waals surface area contributed by atoms with Crippen LogP contribution in [0.1, 0.15) is 19.4 Å². The van der Waals surface area contributed by atoms with Crippen molar-refractivity contribution in [3.05, 3.63) is 44.0 Å². The maximum absolute atomic E-state index is 10.9. The molecule has 1 rings (SSSR count). The van der Waals surface area contributed by atoms with Gasteiger partial charge in [0.05, 0.1) is 22.0 Å². The van der Waals surface area contributed by atoms with E-state index in [0.717, 1.165) is 6.07 Å². The van der Waals surface area contributed by atoms with Gasteiger partial charge < -0.3 is 5.11 Å². The van der Waals surface area contributed by atoms with Crippen molar-refractivity contribution in [3.63, 3.8) is 0 Å². The zero-order valence-corrected chi connectivity index (χ0v) is 11.3. The molecule has 0 bridgehead atoms. The van der Waals surface area contributed by atoms with Gasteiger partial charge >= 0.3 is 0 Å². The van der Waals surface area contributed by atoms with E-state index >= 15 is 0 Å². The van der Waals surface area contributed by atoms with Crippen molar-refractivity contribution in [2.75, 3.05) is 0 Å². The average Bonchev–Trinajstić information content (AvgIpc) is 2.35. The molecule has 8 heteroatoms. The maximum atomic E-state index is 10.9. The van der Waals surface area contributed by atoms with Gasteiger partial charge in [0.2, 0.25) is 0 Å². The molecular formula is C11H14N2O5S. The Labute approximate surface area is 113 Å². The molecule has 0 aliphatic heterocycles. The average molecular weight is 286 g/mol. The molecule has 0 aliphatic carbocycles. The molecule has 0 aliphatic rings. The minimum atomic E-state index is -0.664. The molecule has 0 amide bonds. The summed E-state index contributed by atoms with van der Waals surface area (Å²) >= 11 is 1.36. The molecular weight excluding hydrogens is 272 g/mol. The van der Waals surface area contributed by atoms with Crippen molar-refractivity contribution in [3.8, 4) is 0 Å². The van der Waals surface area contributed by atoms with Crippen LogP contribution < -0.4 is 0 Å². The number of hydrogen-bond donors (Lipinski definition) is 1. The SMILES string of the molecule is CC(O)C(C)SCc1ccc([N+](=O)[O-])cc1[N+](=O)[O-]. The zero-order valence-electron chi connectivity index (χ0n) is 10.5. The van der Waals surface area contributed by atoms with Crippen molar-refractivity contribution in [2.45, 2.75) is 31.0 Å². The van der Waals surface area contributed by atoms with Crippen LogP contribution in [0.4, 0.5) is 11.4 Å². The molecule has 2 atom stereocenters. The van der Waals surface area contributed by atoms with E-state index in [4.69, 9.17) is 0 Å². The first-order chi connectivity index (χ1) is 8.82. The standard InChI is InChI=1S/C11H14N2O5S/c1-7(14)8(2)19-6-9-3-4-10(12(15)16)5-11(9)13(17)18/h3-5,7-8,14H,6H2,1-2H3. The van der Waals surface area contributed by atoms with E-state index in [1.165, 1.54) is 23.9 Å². The van der Waals surface area contributed by atoms with Gasteiger partial charge in [0.25, 0.3) is 11.4 Å². The Hall–Kier alpha value is -1.67. The fourth-order valence-corrected chi connectivity index (χ4v) is 2.28. The minimum Gasteiger partial charge on any atom is -0.392 e. The summed E-state index contributed by atoms with van der Waals surface area (Å²) in [6.07, 6.45) is -0.526. The summed E-state index contributed by atoms with van der Waals surface area (Å²) < 4.78 is 0. The molecule has 2 unspecified atom stereocenters. The smallest absolute Gasteiger partial charge is 0.280 e. The molecule has 0 aromatic heterocycles. The number of hydrogen-bond acceptors (Lipinski definition) is 6. The summed E-state index contributed by atoms with van der Waals surface area (Å²) in [6.45, 7) is 3.45. The summed E-state index contributed by atoms with van der Waals surface area (Å²) in [4.78, 5) is 20.2. The van der Waals surface area contributed by atoms with Gasteiger partial charge in [-0.1, -0.05) is 6.92 Å². The second-order valence-corrected chi connectivity index (χ2v) is 5.45. The lowest BCUT2D eigenvalue weighted by Crippen LogP contribution is -2.15. The summed E-state index contributed by atoms with van der Waals surface area (Å²) in [6, 6.07) is 3.59. The number of nitro benzene ring substituents is 2. The highest BCUT2D eigenvalue weighted by Gasteiger charge is 2.20. The predicted octanol–water partition coefficient (Wildman–Crippen LogP) is 2.51. The lowest BCUT2D eigenvalue weighted by molar-refractivity contribution is -0.394. The van der Waals surface area contributed by atoms with Crippen molar-refractivity contribution in [1.29, 1.82) is 0 Å². The number of nitrogens with zero attached hydrogens (tertiary/aromatic N) is 2. The Morgan fingerprint density at radius 3 is 2.37 bits per heavy atom.